The lowest BCUT2D eigenvalue weighted by molar-refractivity contribution is -0.137. The predicted molar refractivity (Wildman–Crippen MR) is 101 cm³/mol. The number of carbonyl (C=O) groups excluding carboxylic acids is 2. The van der Waals surface area contributed by atoms with Crippen molar-refractivity contribution < 1.29 is 31.9 Å². The number of hydrogen-bond acceptors (Lipinski definition) is 4. The average molecular weight is 425 g/mol. The molecule has 2 heterocycles. The van der Waals surface area contributed by atoms with Crippen molar-refractivity contribution in [2.45, 2.75) is 13.1 Å². The molecule has 0 atom stereocenters. The first kappa shape index (κ1) is 21.5. The third-order valence-electron chi connectivity index (χ3n) is 4.61. The Morgan fingerprint density at radius 2 is 1.80 bits per heavy atom. The van der Waals surface area contributed by atoms with Crippen molar-refractivity contribution in [2.24, 2.45) is 0 Å². The molecule has 3 amide bonds. The molecule has 1 N–H and O–H groups in total. The summed E-state index contributed by atoms with van der Waals surface area (Å²) in [6, 6.07) is 7.60. The number of alkyl halides is 3. The van der Waals surface area contributed by atoms with Crippen molar-refractivity contribution in [3.05, 3.63) is 53.5 Å². The van der Waals surface area contributed by atoms with Gasteiger partial charge < -0.3 is 24.3 Å². The second-order valence-electron chi connectivity index (χ2n) is 6.80. The molecule has 1 saturated heterocycles. The van der Waals surface area contributed by atoms with Crippen LogP contribution in [0.1, 0.15) is 21.9 Å². The first-order valence-electron chi connectivity index (χ1n) is 9.42. The van der Waals surface area contributed by atoms with Gasteiger partial charge >= 0.3 is 12.2 Å². The Balaban J connectivity index is 1.39. The Morgan fingerprint density at radius 3 is 2.43 bits per heavy atom. The molecule has 0 bridgehead atoms. The molecular formula is C20H22F3N3O4. The number of hydrogen-bond donors (Lipinski definition) is 1. The number of aryl methyl sites for hydroxylation is 1. The highest BCUT2D eigenvalue weighted by Crippen LogP contribution is 2.31. The Bertz CT molecular complexity index is 889. The quantitative estimate of drug-likeness (QED) is 0.747. The highest BCUT2D eigenvalue weighted by atomic mass is 19.4. The third kappa shape index (κ3) is 5.46. The largest absolute Gasteiger partial charge is 0.492 e. The summed E-state index contributed by atoms with van der Waals surface area (Å²) >= 11 is 0. The fourth-order valence-electron chi connectivity index (χ4n) is 3.02. The topological polar surface area (TPSA) is 75.0 Å². The number of rotatable bonds is 5. The summed E-state index contributed by atoms with van der Waals surface area (Å²) in [6.45, 7) is 3.43. The number of nitrogens with zero attached hydrogens (tertiary/aromatic N) is 2. The Hall–Kier alpha value is -3.17. The molecule has 3 rings (SSSR count). The second kappa shape index (κ2) is 9.10. The van der Waals surface area contributed by atoms with E-state index < -0.39 is 11.7 Å². The molecule has 2 aromatic rings. The Morgan fingerprint density at radius 1 is 1.10 bits per heavy atom. The van der Waals surface area contributed by atoms with Gasteiger partial charge in [-0.15, -0.1) is 0 Å². The predicted octanol–water partition coefficient (Wildman–Crippen LogP) is 3.15. The van der Waals surface area contributed by atoms with Gasteiger partial charge in [0.25, 0.3) is 5.91 Å². The zero-order valence-electron chi connectivity index (χ0n) is 16.4. The van der Waals surface area contributed by atoms with Crippen LogP contribution in [-0.2, 0) is 6.18 Å². The van der Waals surface area contributed by atoms with Crippen LogP contribution in [0.4, 0.5) is 18.0 Å². The van der Waals surface area contributed by atoms with Crippen molar-refractivity contribution in [2.75, 3.05) is 39.3 Å². The van der Waals surface area contributed by atoms with Gasteiger partial charge in [0.1, 0.15) is 18.1 Å². The normalized spacial score (nSPS) is 14.5. The molecule has 7 nitrogen and oxygen atoms in total. The molecule has 0 unspecified atom stereocenters. The van der Waals surface area contributed by atoms with E-state index in [2.05, 4.69) is 5.32 Å². The molecule has 1 aromatic heterocycles. The van der Waals surface area contributed by atoms with Gasteiger partial charge in [-0.05, 0) is 37.3 Å². The van der Waals surface area contributed by atoms with Crippen molar-refractivity contribution in [3.8, 4) is 5.75 Å². The van der Waals surface area contributed by atoms with Gasteiger partial charge in [-0.2, -0.15) is 13.2 Å². The number of urea groups is 1. The van der Waals surface area contributed by atoms with E-state index in [4.69, 9.17) is 9.15 Å². The maximum atomic E-state index is 12.7. The van der Waals surface area contributed by atoms with Gasteiger partial charge in [-0.25, -0.2) is 4.79 Å². The molecule has 0 radical (unpaired) electrons. The van der Waals surface area contributed by atoms with Gasteiger partial charge in [0.2, 0.25) is 0 Å². The summed E-state index contributed by atoms with van der Waals surface area (Å²) in [6.07, 6.45) is -4.44. The van der Waals surface area contributed by atoms with Crippen LogP contribution in [0, 0.1) is 6.92 Å². The first-order valence-corrected chi connectivity index (χ1v) is 9.42. The number of halogens is 3. The maximum absolute atomic E-state index is 12.7. The molecule has 0 saturated carbocycles. The summed E-state index contributed by atoms with van der Waals surface area (Å²) < 4.78 is 48.7. The molecule has 0 aliphatic carbocycles. The highest BCUT2D eigenvalue weighted by Gasteiger charge is 2.30. The molecular weight excluding hydrogens is 403 g/mol. The maximum Gasteiger partial charge on any atom is 0.416 e. The molecule has 30 heavy (non-hydrogen) atoms. The lowest BCUT2D eigenvalue weighted by Crippen LogP contribution is -2.53. The lowest BCUT2D eigenvalue weighted by Gasteiger charge is -2.34. The van der Waals surface area contributed by atoms with Gasteiger partial charge in [-0.1, -0.05) is 6.07 Å². The third-order valence-corrected chi connectivity index (χ3v) is 4.61. The van der Waals surface area contributed by atoms with Gasteiger partial charge in [0.05, 0.1) is 12.1 Å². The van der Waals surface area contributed by atoms with Gasteiger partial charge in [0, 0.05) is 26.2 Å². The number of ether oxygens (including phenoxy) is 1. The fraction of sp³-hybridized carbons (Fsp3) is 0.400. The highest BCUT2D eigenvalue weighted by molar-refractivity contribution is 5.91. The summed E-state index contributed by atoms with van der Waals surface area (Å²) in [4.78, 5) is 27.8. The van der Waals surface area contributed by atoms with E-state index in [0.29, 0.717) is 31.9 Å². The van der Waals surface area contributed by atoms with Gasteiger partial charge in [-0.3, -0.25) is 4.79 Å². The Kier molecular flexibility index (Phi) is 6.53. The number of nitrogens with one attached hydrogen (secondary N) is 1. The number of piperazine rings is 1. The van der Waals surface area contributed by atoms with Crippen LogP contribution in [-0.4, -0.2) is 61.1 Å². The van der Waals surface area contributed by atoms with Crippen molar-refractivity contribution >= 4 is 11.9 Å². The zero-order chi connectivity index (χ0) is 21.7. The molecule has 162 valence electrons. The molecule has 1 fully saturated rings. The number of furan rings is 1. The fourth-order valence-corrected chi connectivity index (χ4v) is 3.02. The molecule has 1 aliphatic rings. The van der Waals surface area contributed by atoms with Crippen molar-refractivity contribution in [3.63, 3.8) is 0 Å². The Labute approximate surface area is 171 Å². The molecule has 1 aromatic carbocycles. The van der Waals surface area contributed by atoms with Crippen molar-refractivity contribution in [1.29, 1.82) is 0 Å². The summed E-state index contributed by atoms with van der Waals surface area (Å²) in [5, 5.41) is 2.66. The number of benzene rings is 1. The summed E-state index contributed by atoms with van der Waals surface area (Å²) in [7, 11) is 0. The average Bonchev–Trinajstić information content (AvgIpc) is 3.16. The zero-order valence-corrected chi connectivity index (χ0v) is 16.4. The van der Waals surface area contributed by atoms with E-state index in [1.54, 1.807) is 28.9 Å². The minimum atomic E-state index is -4.44. The van der Waals surface area contributed by atoms with Crippen LogP contribution in [0.25, 0.3) is 0 Å². The number of carbonyl (C=O) groups is 2. The second-order valence-corrected chi connectivity index (χ2v) is 6.80. The van der Waals surface area contributed by atoms with E-state index in [1.807, 2.05) is 0 Å². The standard InChI is InChI=1S/C20H22F3N3O4/c1-14-5-6-17(30-14)18(27)25-8-10-26(11-9-25)19(28)24-7-12-29-16-4-2-3-15(13-16)20(21,22)23/h2-6,13H,7-12H2,1H3,(H,24,28). The molecule has 1 aliphatic heterocycles. The molecule has 10 heteroatoms. The van der Waals surface area contributed by atoms with Crippen LogP contribution < -0.4 is 10.1 Å². The van der Waals surface area contributed by atoms with Gasteiger partial charge in [0.15, 0.2) is 5.76 Å². The minimum absolute atomic E-state index is 0.0311. The van der Waals surface area contributed by atoms with E-state index in [1.165, 1.54) is 12.1 Å². The van der Waals surface area contributed by atoms with E-state index in [-0.39, 0.29) is 36.6 Å². The van der Waals surface area contributed by atoms with Crippen LogP contribution in [0.3, 0.4) is 0 Å². The number of amides is 3. The SMILES string of the molecule is Cc1ccc(C(=O)N2CCN(C(=O)NCCOc3cccc(C(F)(F)F)c3)CC2)o1. The first-order chi connectivity index (χ1) is 14.2. The molecule has 0 spiro atoms. The van der Waals surface area contributed by atoms with E-state index in [0.717, 1.165) is 12.1 Å². The van der Waals surface area contributed by atoms with E-state index in [9.17, 15) is 22.8 Å². The minimum Gasteiger partial charge on any atom is -0.492 e. The summed E-state index contributed by atoms with van der Waals surface area (Å²) in [5.74, 6) is 0.804. The van der Waals surface area contributed by atoms with Crippen LogP contribution >= 0.6 is 0 Å². The van der Waals surface area contributed by atoms with Crippen LogP contribution in [0.15, 0.2) is 40.8 Å². The monoisotopic (exact) mass is 425 g/mol. The summed E-state index contributed by atoms with van der Waals surface area (Å²) in [5.41, 5.74) is -0.791. The lowest BCUT2D eigenvalue weighted by atomic mass is 10.2. The van der Waals surface area contributed by atoms with E-state index >= 15 is 0 Å². The smallest absolute Gasteiger partial charge is 0.416 e. The van der Waals surface area contributed by atoms with Crippen molar-refractivity contribution in [1.82, 2.24) is 15.1 Å². The van der Waals surface area contributed by atoms with Crippen LogP contribution in [0.2, 0.25) is 0 Å². The van der Waals surface area contributed by atoms with Crippen LogP contribution in [0.5, 0.6) is 5.75 Å².